The zero-order valence-corrected chi connectivity index (χ0v) is 17.3. The second-order valence-corrected chi connectivity index (χ2v) is 7.48. The van der Waals surface area contributed by atoms with Gasteiger partial charge >= 0.3 is 6.18 Å². The smallest absolute Gasteiger partial charge is 0.350 e. The van der Waals surface area contributed by atoms with Crippen molar-refractivity contribution in [3.05, 3.63) is 101 Å². The number of imide groups is 1. The zero-order chi connectivity index (χ0) is 23.0. The molecular weight excluding hydrogens is 417 g/mol. The SMILES string of the molecule is Cc1cccc(NC2=C(c3ccccc3)C(=O)N(c3cccc(C(F)(F)F)c3)C2=O)c1C. The number of amides is 2. The molecule has 0 aliphatic carbocycles. The van der Waals surface area contributed by atoms with Gasteiger partial charge in [0, 0.05) is 5.69 Å². The van der Waals surface area contributed by atoms with E-state index < -0.39 is 23.6 Å². The largest absolute Gasteiger partial charge is 0.416 e. The molecule has 3 aromatic carbocycles. The molecule has 3 aromatic rings. The minimum Gasteiger partial charge on any atom is -0.350 e. The van der Waals surface area contributed by atoms with Crippen molar-refractivity contribution in [3.8, 4) is 0 Å². The van der Waals surface area contributed by atoms with E-state index in [1.54, 1.807) is 36.4 Å². The van der Waals surface area contributed by atoms with Gasteiger partial charge in [0.05, 0.1) is 16.8 Å². The zero-order valence-electron chi connectivity index (χ0n) is 17.3. The Balaban J connectivity index is 1.83. The molecule has 0 unspecified atom stereocenters. The van der Waals surface area contributed by atoms with E-state index in [4.69, 9.17) is 0 Å². The Kier molecular flexibility index (Phi) is 5.34. The van der Waals surface area contributed by atoms with Crippen LogP contribution in [0.3, 0.4) is 0 Å². The predicted molar refractivity (Wildman–Crippen MR) is 117 cm³/mol. The molecule has 162 valence electrons. The van der Waals surface area contributed by atoms with E-state index >= 15 is 0 Å². The van der Waals surface area contributed by atoms with Gasteiger partial charge in [0.15, 0.2) is 0 Å². The van der Waals surface area contributed by atoms with Crippen LogP contribution in [-0.2, 0) is 15.8 Å². The number of rotatable bonds is 4. The van der Waals surface area contributed by atoms with Gasteiger partial charge in [0.25, 0.3) is 11.8 Å². The lowest BCUT2D eigenvalue weighted by Crippen LogP contribution is -2.32. The molecule has 1 aliphatic heterocycles. The van der Waals surface area contributed by atoms with Crippen LogP contribution in [0.15, 0.2) is 78.5 Å². The van der Waals surface area contributed by atoms with Crippen molar-refractivity contribution in [2.75, 3.05) is 10.2 Å². The van der Waals surface area contributed by atoms with E-state index in [-0.39, 0.29) is 17.0 Å². The quantitative estimate of drug-likeness (QED) is 0.533. The summed E-state index contributed by atoms with van der Waals surface area (Å²) in [5.74, 6) is -1.40. The number of carbonyl (C=O) groups excluding carboxylic acids is 2. The van der Waals surface area contributed by atoms with Gasteiger partial charge in [-0.3, -0.25) is 9.59 Å². The van der Waals surface area contributed by atoms with Crippen LogP contribution in [0.4, 0.5) is 24.5 Å². The second kappa shape index (κ2) is 8.00. The standard InChI is InChI=1S/C25H19F3N2O2/c1-15-8-6-13-20(16(15)2)29-22-21(17-9-4-3-5-10-17)23(31)30(24(22)32)19-12-7-11-18(14-19)25(26,27)28/h3-14,29H,1-2H3. The summed E-state index contributed by atoms with van der Waals surface area (Å²) in [4.78, 5) is 27.5. The van der Waals surface area contributed by atoms with E-state index in [0.29, 0.717) is 11.3 Å². The normalized spacial score (nSPS) is 14.3. The molecule has 4 nitrogen and oxygen atoms in total. The number of aryl methyl sites for hydroxylation is 1. The molecule has 0 saturated carbocycles. The number of halogens is 3. The van der Waals surface area contributed by atoms with Gasteiger partial charge in [0.1, 0.15) is 5.70 Å². The monoisotopic (exact) mass is 436 g/mol. The summed E-state index contributed by atoms with van der Waals surface area (Å²) in [6.45, 7) is 3.80. The predicted octanol–water partition coefficient (Wildman–Crippen LogP) is 5.72. The Labute approximate surface area is 183 Å². The highest BCUT2D eigenvalue weighted by atomic mass is 19.4. The number of nitrogens with one attached hydrogen (secondary N) is 1. The van der Waals surface area contributed by atoms with Crippen molar-refractivity contribution >= 4 is 28.8 Å². The maximum absolute atomic E-state index is 13.4. The van der Waals surface area contributed by atoms with Crippen LogP contribution in [-0.4, -0.2) is 11.8 Å². The summed E-state index contributed by atoms with van der Waals surface area (Å²) in [6.07, 6.45) is -4.60. The maximum Gasteiger partial charge on any atom is 0.416 e. The third kappa shape index (κ3) is 3.77. The molecule has 0 bridgehead atoms. The van der Waals surface area contributed by atoms with Gasteiger partial charge in [-0.2, -0.15) is 13.2 Å². The van der Waals surface area contributed by atoms with Crippen molar-refractivity contribution in [2.45, 2.75) is 20.0 Å². The number of nitrogens with zero attached hydrogens (tertiary/aromatic N) is 1. The van der Waals surface area contributed by atoms with Gasteiger partial charge in [-0.05, 0) is 54.8 Å². The lowest BCUT2D eigenvalue weighted by atomic mass is 10.0. The van der Waals surface area contributed by atoms with E-state index in [9.17, 15) is 22.8 Å². The fourth-order valence-electron chi connectivity index (χ4n) is 3.60. The summed E-state index contributed by atoms with van der Waals surface area (Å²) in [7, 11) is 0. The molecule has 0 spiro atoms. The van der Waals surface area contributed by atoms with Crippen LogP contribution in [0.25, 0.3) is 5.57 Å². The Morgan fingerprint density at radius 2 is 1.50 bits per heavy atom. The molecule has 0 aromatic heterocycles. The molecular formula is C25H19F3N2O2. The maximum atomic E-state index is 13.4. The first-order valence-electron chi connectivity index (χ1n) is 9.87. The molecule has 0 radical (unpaired) electrons. The van der Waals surface area contributed by atoms with E-state index in [0.717, 1.165) is 28.2 Å². The summed E-state index contributed by atoms with van der Waals surface area (Å²) < 4.78 is 39.7. The topological polar surface area (TPSA) is 49.4 Å². The van der Waals surface area contributed by atoms with Gasteiger partial charge in [-0.25, -0.2) is 4.90 Å². The molecule has 1 aliphatic rings. The average Bonchev–Trinajstić information content (AvgIpc) is 3.01. The van der Waals surface area contributed by atoms with Gasteiger partial charge in [0.2, 0.25) is 0 Å². The first-order chi connectivity index (χ1) is 15.2. The van der Waals surface area contributed by atoms with E-state index in [1.807, 2.05) is 26.0 Å². The van der Waals surface area contributed by atoms with Gasteiger partial charge in [-0.1, -0.05) is 48.5 Å². The van der Waals surface area contributed by atoms with Gasteiger partial charge in [-0.15, -0.1) is 0 Å². The second-order valence-electron chi connectivity index (χ2n) is 7.48. The molecule has 2 amide bonds. The molecule has 1 heterocycles. The fraction of sp³-hybridized carbons (Fsp3) is 0.120. The lowest BCUT2D eigenvalue weighted by Gasteiger charge is -2.17. The van der Waals surface area contributed by atoms with Crippen molar-refractivity contribution in [1.29, 1.82) is 0 Å². The fourth-order valence-corrected chi connectivity index (χ4v) is 3.60. The number of benzene rings is 3. The minimum atomic E-state index is -4.60. The highest BCUT2D eigenvalue weighted by Crippen LogP contribution is 2.37. The molecule has 7 heteroatoms. The lowest BCUT2D eigenvalue weighted by molar-refractivity contribution is -0.137. The number of hydrogen-bond acceptors (Lipinski definition) is 3. The minimum absolute atomic E-state index is 0.0207. The number of anilines is 2. The van der Waals surface area contributed by atoms with Crippen LogP contribution in [0.2, 0.25) is 0 Å². The highest BCUT2D eigenvalue weighted by molar-refractivity contribution is 6.46. The molecule has 1 N–H and O–H groups in total. The third-order valence-electron chi connectivity index (χ3n) is 5.44. The molecule has 0 fully saturated rings. The van der Waals surface area contributed by atoms with Gasteiger partial charge < -0.3 is 5.32 Å². The Hall–Kier alpha value is -3.87. The van der Waals surface area contributed by atoms with Crippen molar-refractivity contribution in [1.82, 2.24) is 0 Å². The van der Waals surface area contributed by atoms with E-state index in [1.165, 1.54) is 12.1 Å². The number of alkyl halides is 3. The summed E-state index contributed by atoms with van der Waals surface area (Å²) in [5.41, 5.74) is 2.07. The van der Waals surface area contributed by atoms with Crippen molar-refractivity contribution < 1.29 is 22.8 Å². The molecule has 32 heavy (non-hydrogen) atoms. The summed E-state index contributed by atoms with van der Waals surface area (Å²) >= 11 is 0. The molecule has 0 saturated heterocycles. The Morgan fingerprint density at radius 1 is 0.812 bits per heavy atom. The van der Waals surface area contributed by atoms with E-state index in [2.05, 4.69) is 5.32 Å². The van der Waals surface area contributed by atoms with Crippen molar-refractivity contribution in [3.63, 3.8) is 0 Å². The Bertz CT molecular complexity index is 1250. The first kappa shape index (κ1) is 21.4. The van der Waals surface area contributed by atoms with Crippen LogP contribution in [0.1, 0.15) is 22.3 Å². The summed E-state index contributed by atoms with van der Waals surface area (Å²) in [5, 5.41) is 3.07. The van der Waals surface area contributed by atoms with Crippen LogP contribution >= 0.6 is 0 Å². The molecule has 4 rings (SSSR count). The third-order valence-corrected chi connectivity index (χ3v) is 5.44. The number of hydrogen-bond donors (Lipinski definition) is 1. The van der Waals surface area contributed by atoms with Crippen LogP contribution < -0.4 is 10.2 Å². The summed E-state index contributed by atoms with van der Waals surface area (Å²) in [6, 6.07) is 18.3. The molecule has 0 atom stereocenters. The van der Waals surface area contributed by atoms with Crippen LogP contribution in [0, 0.1) is 13.8 Å². The van der Waals surface area contributed by atoms with Crippen molar-refractivity contribution in [2.24, 2.45) is 0 Å². The number of carbonyl (C=O) groups is 2. The first-order valence-corrected chi connectivity index (χ1v) is 9.87. The highest BCUT2D eigenvalue weighted by Gasteiger charge is 2.41. The van der Waals surface area contributed by atoms with Crippen LogP contribution in [0.5, 0.6) is 0 Å². The average molecular weight is 436 g/mol. The Morgan fingerprint density at radius 3 is 2.19 bits per heavy atom.